The predicted molar refractivity (Wildman–Crippen MR) is 103 cm³/mol. The van der Waals surface area contributed by atoms with Crippen molar-refractivity contribution < 1.29 is 0 Å². The van der Waals surface area contributed by atoms with Crippen molar-refractivity contribution >= 4 is 23.8 Å². The van der Waals surface area contributed by atoms with Gasteiger partial charge in [0, 0.05) is 12.4 Å². The monoisotopic (exact) mass is 312 g/mol. The molecule has 0 aromatic heterocycles. The van der Waals surface area contributed by atoms with Crippen molar-refractivity contribution in [2.45, 2.75) is 13.8 Å². The molecule has 3 aromatic carbocycles. The highest BCUT2D eigenvalue weighted by molar-refractivity contribution is 5.85. The van der Waals surface area contributed by atoms with Gasteiger partial charge in [-0.15, -0.1) is 0 Å². The SMILES string of the molecule is Cc1ccccc1C=Nc1ccc(N=Cc2ccccc2C)cc1. The molecule has 0 bridgehead atoms. The molecule has 118 valence electrons. The molecule has 0 spiro atoms. The molecule has 3 aromatic rings. The maximum Gasteiger partial charge on any atom is 0.0631 e. The Morgan fingerprint density at radius 2 is 0.917 bits per heavy atom. The number of hydrogen-bond donors (Lipinski definition) is 0. The van der Waals surface area contributed by atoms with Crippen LogP contribution >= 0.6 is 0 Å². The molecule has 0 heterocycles. The smallest absolute Gasteiger partial charge is 0.0631 e. The van der Waals surface area contributed by atoms with Crippen LogP contribution in [0.25, 0.3) is 0 Å². The Morgan fingerprint density at radius 3 is 1.29 bits per heavy atom. The van der Waals surface area contributed by atoms with Crippen LogP contribution in [0.5, 0.6) is 0 Å². The van der Waals surface area contributed by atoms with Crippen LogP contribution < -0.4 is 0 Å². The molecule has 0 radical (unpaired) electrons. The van der Waals surface area contributed by atoms with E-state index in [0.29, 0.717) is 0 Å². The molecule has 0 saturated carbocycles. The second kappa shape index (κ2) is 7.51. The number of nitrogens with zero attached hydrogens (tertiary/aromatic N) is 2. The summed E-state index contributed by atoms with van der Waals surface area (Å²) in [5, 5.41) is 0. The fraction of sp³-hybridized carbons (Fsp3) is 0.0909. The first-order valence-corrected chi connectivity index (χ1v) is 8.02. The van der Waals surface area contributed by atoms with E-state index in [1.54, 1.807) is 0 Å². The molecule has 24 heavy (non-hydrogen) atoms. The summed E-state index contributed by atoms with van der Waals surface area (Å²) in [6.45, 7) is 4.18. The summed E-state index contributed by atoms with van der Waals surface area (Å²) in [5.74, 6) is 0. The van der Waals surface area contributed by atoms with Crippen molar-refractivity contribution in [2.24, 2.45) is 9.98 Å². The molecule has 0 N–H and O–H groups in total. The number of aryl methyl sites for hydroxylation is 2. The third-order valence-electron chi connectivity index (χ3n) is 3.93. The van der Waals surface area contributed by atoms with E-state index in [-0.39, 0.29) is 0 Å². The van der Waals surface area contributed by atoms with Crippen LogP contribution in [-0.4, -0.2) is 12.4 Å². The number of aliphatic imine (C=N–C) groups is 2. The lowest BCUT2D eigenvalue weighted by Crippen LogP contribution is -1.85. The van der Waals surface area contributed by atoms with E-state index >= 15 is 0 Å². The second-order valence-corrected chi connectivity index (χ2v) is 5.75. The molecule has 0 saturated heterocycles. The van der Waals surface area contributed by atoms with Crippen LogP contribution in [0.3, 0.4) is 0 Å². The largest absolute Gasteiger partial charge is 0.256 e. The standard InChI is InChI=1S/C22H20N2/c1-17-7-3-5-9-19(17)15-23-21-11-13-22(14-12-21)24-16-20-10-6-4-8-18(20)2/h3-16H,1-2H3. The van der Waals surface area contributed by atoms with Crippen molar-refractivity contribution in [3.05, 3.63) is 95.1 Å². The lowest BCUT2D eigenvalue weighted by Gasteiger charge is -2.00. The summed E-state index contributed by atoms with van der Waals surface area (Å²) in [6, 6.07) is 24.4. The minimum Gasteiger partial charge on any atom is -0.256 e. The maximum absolute atomic E-state index is 4.53. The molecule has 0 amide bonds. The van der Waals surface area contributed by atoms with Gasteiger partial charge in [0.25, 0.3) is 0 Å². The van der Waals surface area contributed by atoms with E-state index in [9.17, 15) is 0 Å². The Bertz CT molecular complexity index is 800. The quantitative estimate of drug-likeness (QED) is 0.544. The zero-order chi connectivity index (χ0) is 16.8. The van der Waals surface area contributed by atoms with E-state index < -0.39 is 0 Å². The molecule has 0 unspecified atom stereocenters. The van der Waals surface area contributed by atoms with Gasteiger partial charge in [-0.25, -0.2) is 0 Å². The fourth-order valence-electron chi connectivity index (χ4n) is 2.38. The number of benzene rings is 3. The van der Waals surface area contributed by atoms with Gasteiger partial charge in [-0.2, -0.15) is 0 Å². The summed E-state index contributed by atoms with van der Waals surface area (Å²) in [6.07, 6.45) is 3.81. The van der Waals surface area contributed by atoms with Gasteiger partial charge in [0.2, 0.25) is 0 Å². The Hall–Kier alpha value is -3.00. The number of rotatable bonds is 4. The predicted octanol–water partition coefficient (Wildman–Crippen LogP) is 5.80. The molecule has 0 aliphatic carbocycles. The molecular formula is C22H20N2. The first kappa shape index (κ1) is 15.9. The minimum atomic E-state index is 0.924. The molecule has 3 rings (SSSR count). The fourth-order valence-corrected chi connectivity index (χ4v) is 2.38. The second-order valence-electron chi connectivity index (χ2n) is 5.75. The molecule has 0 atom stereocenters. The average molecular weight is 312 g/mol. The Labute approximate surface area is 143 Å². The lowest BCUT2D eigenvalue weighted by atomic mass is 10.1. The summed E-state index contributed by atoms with van der Waals surface area (Å²) in [4.78, 5) is 9.07. The van der Waals surface area contributed by atoms with Crippen molar-refractivity contribution in [3.63, 3.8) is 0 Å². The highest BCUT2D eigenvalue weighted by Gasteiger charge is 1.95. The van der Waals surface area contributed by atoms with Gasteiger partial charge >= 0.3 is 0 Å². The Morgan fingerprint density at radius 1 is 0.542 bits per heavy atom. The summed E-state index contributed by atoms with van der Waals surface area (Å²) in [7, 11) is 0. The van der Waals surface area contributed by atoms with E-state index in [1.807, 2.05) is 61.0 Å². The summed E-state index contributed by atoms with van der Waals surface area (Å²) < 4.78 is 0. The maximum atomic E-state index is 4.53. The van der Waals surface area contributed by atoms with Crippen molar-refractivity contribution in [2.75, 3.05) is 0 Å². The van der Waals surface area contributed by atoms with E-state index in [0.717, 1.165) is 22.5 Å². The van der Waals surface area contributed by atoms with Gasteiger partial charge in [-0.1, -0.05) is 48.5 Å². The lowest BCUT2D eigenvalue weighted by molar-refractivity contribution is 1.43. The van der Waals surface area contributed by atoms with Crippen LogP contribution in [0.15, 0.2) is 82.8 Å². The van der Waals surface area contributed by atoms with Crippen LogP contribution in [0.2, 0.25) is 0 Å². The minimum absolute atomic E-state index is 0.924. The Kier molecular flexibility index (Phi) is 4.97. The van der Waals surface area contributed by atoms with Crippen LogP contribution in [0.4, 0.5) is 11.4 Å². The topological polar surface area (TPSA) is 24.7 Å². The van der Waals surface area contributed by atoms with Crippen molar-refractivity contribution in [1.29, 1.82) is 0 Å². The van der Waals surface area contributed by atoms with Gasteiger partial charge in [0.1, 0.15) is 0 Å². The molecule has 0 aliphatic rings. The van der Waals surface area contributed by atoms with Gasteiger partial charge in [0.15, 0.2) is 0 Å². The Balaban J connectivity index is 1.72. The molecule has 0 fully saturated rings. The van der Waals surface area contributed by atoms with Crippen molar-refractivity contribution in [1.82, 2.24) is 0 Å². The normalized spacial score (nSPS) is 11.4. The first-order valence-electron chi connectivity index (χ1n) is 8.02. The van der Waals surface area contributed by atoms with Crippen LogP contribution in [0.1, 0.15) is 22.3 Å². The zero-order valence-electron chi connectivity index (χ0n) is 14.0. The van der Waals surface area contributed by atoms with Gasteiger partial charge in [-0.3, -0.25) is 9.98 Å². The average Bonchev–Trinajstić information content (AvgIpc) is 2.61. The third-order valence-corrected chi connectivity index (χ3v) is 3.93. The van der Waals surface area contributed by atoms with Crippen LogP contribution in [-0.2, 0) is 0 Å². The molecule has 2 nitrogen and oxygen atoms in total. The highest BCUT2D eigenvalue weighted by Crippen LogP contribution is 2.19. The summed E-state index contributed by atoms with van der Waals surface area (Å²) in [5.41, 5.74) is 6.57. The summed E-state index contributed by atoms with van der Waals surface area (Å²) >= 11 is 0. The molecular weight excluding hydrogens is 292 g/mol. The number of hydrogen-bond acceptors (Lipinski definition) is 2. The van der Waals surface area contributed by atoms with E-state index in [4.69, 9.17) is 0 Å². The van der Waals surface area contributed by atoms with E-state index in [1.165, 1.54) is 11.1 Å². The molecule has 0 aliphatic heterocycles. The van der Waals surface area contributed by atoms with Gasteiger partial charge in [0.05, 0.1) is 11.4 Å². The highest BCUT2D eigenvalue weighted by atomic mass is 14.7. The third kappa shape index (κ3) is 4.05. The first-order chi connectivity index (χ1) is 11.7. The van der Waals surface area contributed by atoms with Gasteiger partial charge < -0.3 is 0 Å². The zero-order valence-corrected chi connectivity index (χ0v) is 14.0. The van der Waals surface area contributed by atoms with Crippen molar-refractivity contribution in [3.8, 4) is 0 Å². The van der Waals surface area contributed by atoms with Gasteiger partial charge in [-0.05, 0) is 60.4 Å². The van der Waals surface area contributed by atoms with E-state index in [2.05, 4.69) is 48.1 Å². The van der Waals surface area contributed by atoms with Crippen LogP contribution in [0, 0.1) is 13.8 Å². The molecule has 2 heteroatoms.